The second-order valence-electron chi connectivity index (χ2n) is 1.99. The smallest absolute Gasteiger partial charge is 0.00683 e. The maximum absolute atomic E-state index is 5.39. The van der Waals surface area contributed by atoms with E-state index in [-0.39, 0.29) is 12.4 Å². The van der Waals surface area contributed by atoms with Crippen LogP contribution in [0.25, 0.3) is 0 Å². The number of nitrogens with two attached hydrogens (primary N) is 2. The van der Waals surface area contributed by atoms with Crippen molar-refractivity contribution in [1.29, 1.82) is 0 Å². The van der Waals surface area contributed by atoms with Crippen LogP contribution in [-0.2, 0) is 0 Å². The fraction of sp³-hybridized carbons (Fsp3) is 1.00. The highest BCUT2D eigenvalue weighted by atomic mass is 35.5. The summed E-state index contributed by atoms with van der Waals surface area (Å²) < 4.78 is 0. The highest BCUT2D eigenvalue weighted by Gasteiger charge is 2.20. The third-order valence-corrected chi connectivity index (χ3v) is 1.21. The molecule has 7 heavy (non-hydrogen) atoms. The van der Waals surface area contributed by atoms with Crippen molar-refractivity contribution in [1.82, 2.24) is 0 Å². The Morgan fingerprint density at radius 3 is 1.29 bits per heavy atom. The van der Waals surface area contributed by atoms with Crippen LogP contribution in [0.5, 0.6) is 0 Å². The molecule has 44 valence electrons. The molecule has 0 saturated heterocycles. The lowest BCUT2D eigenvalue weighted by Crippen LogP contribution is -2.45. The van der Waals surface area contributed by atoms with E-state index in [2.05, 4.69) is 0 Å². The van der Waals surface area contributed by atoms with E-state index in [4.69, 9.17) is 11.5 Å². The van der Waals surface area contributed by atoms with Crippen LogP contribution in [0, 0.1) is 0 Å². The number of hydrogen-bond acceptors (Lipinski definition) is 2. The number of hydrogen-bond donors (Lipinski definition) is 2. The summed E-state index contributed by atoms with van der Waals surface area (Å²) >= 11 is 0. The molecule has 0 unspecified atom stereocenters. The molecule has 0 atom stereocenters. The molecule has 3 heteroatoms. The Morgan fingerprint density at radius 1 is 1.00 bits per heavy atom. The average Bonchev–Trinajstić information content (AvgIpc) is 1.33. The Hall–Kier alpha value is 0.210. The Balaban J connectivity index is 0.000000360. The molecular weight excluding hydrogens is 112 g/mol. The van der Waals surface area contributed by atoms with Gasteiger partial charge in [-0.05, 0) is 12.8 Å². The van der Waals surface area contributed by atoms with Gasteiger partial charge in [-0.3, -0.25) is 0 Å². The summed E-state index contributed by atoms with van der Waals surface area (Å²) in [4.78, 5) is 0. The van der Waals surface area contributed by atoms with Crippen molar-refractivity contribution >= 4 is 12.4 Å². The van der Waals surface area contributed by atoms with Gasteiger partial charge in [0.1, 0.15) is 0 Å². The summed E-state index contributed by atoms with van der Waals surface area (Å²) in [5, 5.41) is 0. The van der Waals surface area contributed by atoms with Gasteiger partial charge >= 0.3 is 0 Å². The van der Waals surface area contributed by atoms with Gasteiger partial charge in [-0.25, -0.2) is 0 Å². The van der Waals surface area contributed by atoms with Crippen LogP contribution in [-0.4, -0.2) is 12.1 Å². The molecule has 4 N–H and O–H groups in total. The van der Waals surface area contributed by atoms with Gasteiger partial charge in [0.2, 0.25) is 0 Å². The maximum Gasteiger partial charge on any atom is 0.00683 e. The predicted molar refractivity (Wildman–Crippen MR) is 32.4 cm³/mol. The molecule has 1 fully saturated rings. The summed E-state index contributed by atoms with van der Waals surface area (Å²) in [6.45, 7) is 0. The molecule has 0 aromatic rings. The van der Waals surface area contributed by atoms with Crippen molar-refractivity contribution in [3.63, 3.8) is 0 Å². The summed E-state index contributed by atoms with van der Waals surface area (Å²) in [5.74, 6) is 0. The fourth-order valence-electron chi connectivity index (χ4n) is 0.709. The van der Waals surface area contributed by atoms with Crippen molar-refractivity contribution in [2.75, 3.05) is 0 Å². The molecule has 0 spiro atoms. The topological polar surface area (TPSA) is 52.0 Å². The van der Waals surface area contributed by atoms with Gasteiger partial charge in [0, 0.05) is 12.1 Å². The molecule has 0 aliphatic heterocycles. The number of rotatable bonds is 0. The van der Waals surface area contributed by atoms with Crippen molar-refractivity contribution in [3.8, 4) is 0 Å². The Kier molecular flexibility index (Phi) is 2.58. The zero-order valence-corrected chi connectivity index (χ0v) is 4.95. The Morgan fingerprint density at radius 2 is 1.29 bits per heavy atom. The normalized spacial score (nSPS) is 38.6. The van der Waals surface area contributed by atoms with E-state index in [1.54, 1.807) is 0 Å². The van der Waals surface area contributed by atoms with Crippen LogP contribution < -0.4 is 11.5 Å². The molecule has 0 radical (unpaired) electrons. The predicted octanol–water partition coefficient (Wildman–Crippen LogP) is -0.143. The van der Waals surface area contributed by atoms with Gasteiger partial charge in [0.25, 0.3) is 0 Å². The first kappa shape index (κ1) is 7.21. The van der Waals surface area contributed by atoms with Crippen molar-refractivity contribution in [3.05, 3.63) is 0 Å². The Bertz CT molecular complexity index is 45.7. The van der Waals surface area contributed by atoms with Crippen molar-refractivity contribution < 1.29 is 0 Å². The summed E-state index contributed by atoms with van der Waals surface area (Å²) in [7, 11) is 0. The summed E-state index contributed by atoms with van der Waals surface area (Å²) in [6, 6.07) is 0.833. The zero-order chi connectivity index (χ0) is 4.57. The van der Waals surface area contributed by atoms with E-state index in [0.29, 0.717) is 12.1 Å². The molecule has 1 saturated carbocycles. The molecule has 0 heterocycles. The third-order valence-electron chi connectivity index (χ3n) is 1.21. The van der Waals surface area contributed by atoms with E-state index < -0.39 is 0 Å². The molecular formula is C4H11ClN2. The van der Waals surface area contributed by atoms with Crippen LogP contribution in [0.2, 0.25) is 0 Å². The first-order valence-corrected chi connectivity index (χ1v) is 2.30. The highest BCUT2D eigenvalue weighted by molar-refractivity contribution is 5.85. The van der Waals surface area contributed by atoms with Gasteiger partial charge < -0.3 is 11.5 Å². The van der Waals surface area contributed by atoms with E-state index in [0.717, 1.165) is 12.8 Å². The molecule has 0 aromatic carbocycles. The van der Waals surface area contributed by atoms with Crippen LogP contribution in [0.1, 0.15) is 12.8 Å². The summed E-state index contributed by atoms with van der Waals surface area (Å²) in [5.41, 5.74) is 10.8. The van der Waals surface area contributed by atoms with Gasteiger partial charge in [0.05, 0.1) is 0 Å². The second kappa shape index (κ2) is 2.50. The molecule has 2 nitrogen and oxygen atoms in total. The SMILES string of the molecule is Cl.NC1CC(N)C1. The monoisotopic (exact) mass is 122 g/mol. The van der Waals surface area contributed by atoms with Crippen LogP contribution in [0.15, 0.2) is 0 Å². The lowest BCUT2D eigenvalue weighted by molar-refractivity contribution is 0.351. The average molecular weight is 123 g/mol. The summed E-state index contributed by atoms with van der Waals surface area (Å²) in [6.07, 6.45) is 2.06. The fourth-order valence-corrected chi connectivity index (χ4v) is 0.709. The minimum Gasteiger partial charge on any atom is -0.328 e. The van der Waals surface area contributed by atoms with Crippen molar-refractivity contribution in [2.45, 2.75) is 24.9 Å². The number of halogens is 1. The van der Waals surface area contributed by atoms with E-state index in [9.17, 15) is 0 Å². The maximum atomic E-state index is 5.39. The standard InChI is InChI=1S/C4H10N2.ClH/c5-3-1-4(6)2-3;/h3-4H,1-2,5-6H2;1H. The molecule has 1 rings (SSSR count). The van der Waals surface area contributed by atoms with Crippen LogP contribution >= 0.6 is 12.4 Å². The first-order valence-electron chi connectivity index (χ1n) is 2.30. The minimum absolute atomic E-state index is 0. The largest absolute Gasteiger partial charge is 0.328 e. The van der Waals surface area contributed by atoms with Crippen LogP contribution in [0.3, 0.4) is 0 Å². The lowest BCUT2D eigenvalue weighted by Gasteiger charge is -2.28. The molecule has 0 amide bonds. The van der Waals surface area contributed by atoms with Gasteiger partial charge in [0.15, 0.2) is 0 Å². The van der Waals surface area contributed by atoms with Gasteiger partial charge in [-0.15, -0.1) is 12.4 Å². The lowest BCUT2D eigenvalue weighted by atomic mass is 9.89. The highest BCUT2D eigenvalue weighted by Crippen LogP contribution is 2.13. The quantitative estimate of drug-likeness (QED) is 0.470. The third kappa shape index (κ3) is 1.63. The molecule has 1 aliphatic rings. The minimum atomic E-state index is 0. The van der Waals surface area contributed by atoms with E-state index >= 15 is 0 Å². The van der Waals surface area contributed by atoms with Gasteiger partial charge in [-0.1, -0.05) is 0 Å². The molecule has 0 bridgehead atoms. The van der Waals surface area contributed by atoms with Gasteiger partial charge in [-0.2, -0.15) is 0 Å². The van der Waals surface area contributed by atoms with Crippen molar-refractivity contribution in [2.24, 2.45) is 11.5 Å². The molecule has 1 aliphatic carbocycles. The van der Waals surface area contributed by atoms with E-state index in [1.165, 1.54) is 0 Å². The van der Waals surface area contributed by atoms with Crippen LogP contribution in [0.4, 0.5) is 0 Å². The Labute approximate surface area is 49.7 Å². The molecule has 0 aromatic heterocycles. The van der Waals surface area contributed by atoms with E-state index in [1.807, 2.05) is 0 Å². The first-order chi connectivity index (χ1) is 2.79. The zero-order valence-electron chi connectivity index (χ0n) is 4.13. The second-order valence-corrected chi connectivity index (χ2v) is 1.99.